The molecule has 3 N–H and O–H groups in total. The first-order valence-electron chi connectivity index (χ1n) is 3.04. The number of benzene rings is 1. The summed E-state index contributed by atoms with van der Waals surface area (Å²) in [6.07, 6.45) is 0. The van der Waals surface area contributed by atoms with Gasteiger partial charge >= 0.3 is 0 Å². The van der Waals surface area contributed by atoms with Crippen LogP contribution in [-0.4, -0.2) is 5.91 Å². The molecule has 58 valence electrons. The van der Waals surface area contributed by atoms with Gasteiger partial charge in [-0.1, -0.05) is 0 Å². The van der Waals surface area contributed by atoms with E-state index in [-0.39, 0.29) is 5.91 Å². The highest BCUT2D eigenvalue weighted by molar-refractivity contribution is 7.80. The summed E-state index contributed by atoms with van der Waals surface area (Å²) in [5, 5.41) is 0. The molecule has 1 amide bonds. The smallest absolute Gasteiger partial charge is 0.265 e. The van der Waals surface area contributed by atoms with E-state index in [2.05, 4.69) is 12.6 Å². The molecule has 0 aromatic heterocycles. The van der Waals surface area contributed by atoms with Gasteiger partial charge in [0.05, 0.1) is 0 Å². The largest absolute Gasteiger partial charge is 0.290 e. The summed E-state index contributed by atoms with van der Waals surface area (Å²) in [4.78, 5) is 11.7. The number of carbonyl (C=O) groups excluding carboxylic acids is 1. The number of rotatable bonds is 1. The van der Waals surface area contributed by atoms with Crippen molar-refractivity contribution in [2.24, 2.45) is 5.84 Å². The van der Waals surface area contributed by atoms with Crippen molar-refractivity contribution in [3.05, 3.63) is 29.8 Å². The lowest BCUT2D eigenvalue weighted by Gasteiger charge is -1.97. The highest BCUT2D eigenvalue weighted by atomic mass is 32.1. The fourth-order valence-electron chi connectivity index (χ4n) is 0.696. The predicted octanol–water partition coefficient (Wildman–Crippen LogP) is 0.579. The monoisotopic (exact) mass is 168 g/mol. The van der Waals surface area contributed by atoms with Crippen LogP contribution < -0.4 is 11.3 Å². The molecule has 1 rings (SSSR count). The Labute approximate surface area is 70.0 Å². The van der Waals surface area contributed by atoms with Gasteiger partial charge in [0.1, 0.15) is 0 Å². The van der Waals surface area contributed by atoms with Crippen LogP contribution in [0.1, 0.15) is 10.4 Å². The van der Waals surface area contributed by atoms with E-state index in [9.17, 15) is 4.79 Å². The third-order valence-corrected chi connectivity index (χ3v) is 1.56. The van der Waals surface area contributed by atoms with E-state index >= 15 is 0 Å². The summed E-state index contributed by atoms with van der Waals surface area (Å²) in [6.45, 7) is 0. The first-order valence-corrected chi connectivity index (χ1v) is 3.48. The van der Waals surface area contributed by atoms with E-state index in [1.165, 1.54) is 0 Å². The van der Waals surface area contributed by atoms with E-state index in [1.54, 1.807) is 24.3 Å². The summed E-state index contributed by atoms with van der Waals surface area (Å²) in [5.41, 5.74) is 2.57. The molecule has 0 spiro atoms. The second-order valence-corrected chi connectivity index (χ2v) is 2.54. The van der Waals surface area contributed by atoms with Crippen LogP contribution in [0.5, 0.6) is 0 Å². The Hall–Kier alpha value is -1.00. The Morgan fingerprint density at radius 2 is 1.91 bits per heavy atom. The summed E-state index contributed by atoms with van der Waals surface area (Å²) >= 11 is 4.07. The maximum atomic E-state index is 10.9. The Kier molecular flexibility index (Phi) is 2.51. The number of nitrogen functional groups attached to an aromatic ring is 1. The number of nitrogens with two attached hydrogens (primary N) is 1. The molecule has 0 heterocycles. The van der Waals surface area contributed by atoms with Gasteiger partial charge in [0.2, 0.25) is 0 Å². The zero-order valence-corrected chi connectivity index (χ0v) is 6.64. The van der Waals surface area contributed by atoms with Gasteiger partial charge in [-0.15, -0.1) is 12.6 Å². The highest BCUT2D eigenvalue weighted by Gasteiger charge is 2.00. The number of hydrogen-bond donors (Lipinski definition) is 3. The zero-order valence-electron chi connectivity index (χ0n) is 5.74. The maximum Gasteiger partial charge on any atom is 0.265 e. The lowest BCUT2D eigenvalue weighted by molar-refractivity contribution is 0.0953. The third kappa shape index (κ3) is 1.96. The molecule has 0 fully saturated rings. The van der Waals surface area contributed by atoms with Crippen LogP contribution in [0.15, 0.2) is 29.2 Å². The van der Waals surface area contributed by atoms with Gasteiger partial charge < -0.3 is 0 Å². The average molecular weight is 168 g/mol. The molecule has 0 radical (unpaired) electrons. The van der Waals surface area contributed by atoms with E-state index in [4.69, 9.17) is 5.84 Å². The molecule has 0 saturated heterocycles. The molecule has 1 aromatic carbocycles. The van der Waals surface area contributed by atoms with Crippen molar-refractivity contribution in [1.82, 2.24) is 5.43 Å². The standard InChI is InChI=1S/C7H8N2OS/c8-9-7(10)5-1-3-6(11)4-2-5/h1-4,11H,8H2,(H,9,10). The quantitative estimate of drug-likeness (QED) is 0.249. The normalized spacial score (nSPS) is 9.27. The Morgan fingerprint density at radius 1 is 1.36 bits per heavy atom. The fraction of sp³-hybridized carbons (Fsp3) is 0. The van der Waals surface area contributed by atoms with Crippen molar-refractivity contribution in [1.29, 1.82) is 0 Å². The topological polar surface area (TPSA) is 55.1 Å². The lowest BCUT2D eigenvalue weighted by atomic mass is 10.2. The van der Waals surface area contributed by atoms with Crippen molar-refractivity contribution in [2.45, 2.75) is 4.90 Å². The molecule has 0 unspecified atom stereocenters. The van der Waals surface area contributed by atoms with Gasteiger partial charge in [-0.2, -0.15) is 0 Å². The minimum atomic E-state index is -0.293. The molecular formula is C7H8N2OS. The summed E-state index contributed by atoms with van der Waals surface area (Å²) in [7, 11) is 0. The summed E-state index contributed by atoms with van der Waals surface area (Å²) in [6, 6.07) is 6.77. The van der Waals surface area contributed by atoms with Crippen LogP contribution in [0.4, 0.5) is 0 Å². The third-order valence-electron chi connectivity index (χ3n) is 1.26. The predicted molar refractivity (Wildman–Crippen MR) is 45.3 cm³/mol. The molecule has 0 aliphatic rings. The molecule has 0 saturated carbocycles. The number of hydrazine groups is 1. The summed E-state index contributed by atoms with van der Waals surface area (Å²) < 4.78 is 0. The van der Waals surface area contributed by atoms with Crippen LogP contribution in [0, 0.1) is 0 Å². The number of nitrogens with one attached hydrogen (secondary N) is 1. The van der Waals surface area contributed by atoms with Crippen LogP contribution in [-0.2, 0) is 0 Å². The van der Waals surface area contributed by atoms with Crippen molar-refractivity contribution < 1.29 is 4.79 Å². The molecule has 0 bridgehead atoms. The van der Waals surface area contributed by atoms with Crippen molar-refractivity contribution in [3.8, 4) is 0 Å². The Bertz CT molecular complexity index is 258. The van der Waals surface area contributed by atoms with Crippen molar-refractivity contribution in [3.63, 3.8) is 0 Å². The second kappa shape index (κ2) is 3.41. The number of carbonyl (C=O) groups is 1. The van der Waals surface area contributed by atoms with E-state index in [0.717, 1.165) is 4.90 Å². The van der Waals surface area contributed by atoms with Gasteiger partial charge in [-0.05, 0) is 24.3 Å². The highest BCUT2D eigenvalue weighted by Crippen LogP contribution is 2.06. The molecule has 0 aliphatic carbocycles. The molecule has 1 aromatic rings. The van der Waals surface area contributed by atoms with Crippen molar-refractivity contribution >= 4 is 18.5 Å². The minimum Gasteiger partial charge on any atom is -0.290 e. The minimum absolute atomic E-state index is 0.293. The first-order chi connectivity index (χ1) is 5.24. The first kappa shape index (κ1) is 8.10. The zero-order chi connectivity index (χ0) is 8.27. The molecule has 0 aliphatic heterocycles. The van der Waals surface area contributed by atoms with E-state index in [1.807, 2.05) is 5.43 Å². The van der Waals surface area contributed by atoms with Crippen LogP contribution in [0.3, 0.4) is 0 Å². The number of amides is 1. The molecule has 0 atom stereocenters. The van der Waals surface area contributed by atoms with E-state index < -0.39 is 0 Å². The molecule has 4 heteroatoms. The Morgan fingerprint density at radius 3 is 2.36 bits per heavy atom. The van der Waals surface area contributed by atoms with Gasteiger partial charge in [-0.25, -0.2) is 5.84 Å². The van der Waals surface area contributed by atoms with Gasteiger partial charge in [-0.3, -0.25) is 10.2 Å². The van der Waals surface area contributed by atoms with Gasteiger partial charge in [0.15, 0.2) is 0 Å². The van der Waals surface area contributed by atoms with Crippen LogP contribution >= 0.6 is 12.6 Å². The number of hydrogen-bond acceptors (Lipinski definition) is 3. The SMILES string of the molecule is NNC(=O)c1ccc(S)cc1. The van der Waals surface area contributed by atoms with Crippen LogP contribution in [0.25, 0.3) is 0 Å². The van der Waals surface area contributed by atoms with Gasteiger partial charge in [0, 0.05) is 10.5 Å². The number of thiol groups is 1. The van der Waals surface area contributed by atoms with Crippen molar-refractivity contribution in [2.75, 3.05) is 0 Å². The van der Waals surface area contributed by atoms with Gasteiger partial charge in [0.25, 0.3) is 5.91 Å². The second-order valence-electron chi connectivity index (χ2n) is 2.02. The lowest BCUT2D eigenvalue weighted by Crippen LogP contribution is -2.29. The van der Waals surface area contributed by atoms with Crippen LogP contribution in [0.2, 0.25) is 0 Å². The molecule has 3 nitrogen and oxygen atoms in total. The maximum absolute atomic E-state index is 10.9. The molecule has 11 heavy (non-hydrogen) atoms. The van der Waals surface area contributed by atoms with E-state index in [0.29, 0.717) is 5.56 Å². The Balaban J connectivity index is 2.90. The average Bonchev–Trinajstić information content (AvgIpc) is 2.05. The fourth-order valence-corrected chi connectivity index (χ4v) is 0.845. The molecular weight excluding hydrogens is 160 g/mol. The summed E-state index contributed by atoms with van der Waals surface area (Å²) in [5.74, 6) is 4.63.